The van der Waals surface area contributed by atoms with E-state index in [0.717, 1.165) is 37.3 Å². The van der Waals surface area contributed by atoms with Gasteiger partial charge in [-0.15, -0.1) is 0 Å². The third kappa shape index (κ3) is 3.68. The molecule has 0 bridgehead atoms. The monoisotopic (exact) mass is 354 g/mol. The molecule has 0 aromatic carbocycles. The highest BCUT2D eigenvalue weighted by molar-refractivity contribution is 5.94. The summed E-state index contributed by atoms with van der Waals surface area (Å²) in [7, 11) is 0. The highest BCUT2D eigenvalue weighted by Crippen LogP contribution is 2.32. The molecule has 2 aromatic rings. The van der Waals surface area contributed by atoms with Gasteiger partial charge in [0.2, 0.25) is 0 Å². The van der Waals surface area contributed by atoms with Crippen molar-refractivity contribution in [2.24, 2.45) is 0 Å². The fraction of sp³-hybridized carbons (Fsp3) is 0.421. The van der Waals surface area contributed by atoms with Gasteiger partial charge in [0, 0.05) is 51.1 Å². The SMILES string of the molecule is O=C(NCc1ccncc1)c1ccc(N2CCC3(CC2)OCCO3)nc1. The fourth-order valence-corrected chi connectivity index (χ4v) is 3.35. The van der Waals surface area contributed by atoms with Gasteiger partial charge in [-0.3, -0.25) is 9.78 Å². The number of rotatable bonds is 4. The molecule has 0 atom stereocenters. The van der Waals surface area contributed by atoms with Gasteiger partial charge in [0.25, 0.3) is 5.91 Å². The van der Waals surface area contributed by atoms with Crippen molar-refractivity contribution in [1.82, 2.24) is 15.3 Å². The number of ether oxygens (including phenoxy) is 2. The molecule has 7 heteroatoms. The van der Waals surface area contributed by atoms with Crippen molar-refractivity contribution in [3.8, 4) is 0 Å². The molecule has 136 valence electrons. The van der Waals surface area contributed by atoms with Crippen LogP contribution < -0.4 is 10.2 Å². The maximum Gasteiger partial charge on any atom is 0.253 e. The minimum absolute atomic E-state index is 0.133. The van der Waals surface area contributed by atoms with E-state index in [0.29, 0.717) is 25.3 Å². The first-order chi connectivity index (χ1) is 12.7. The van der Waals surface area contributed by atoms with Gasteiger partial charge in [0.05, 0.1) is 18.8 Å². The van der Waals surface area contributed by atoms with E-state index in [1.165, 1.54) is 0 Å². The van der Waals surface area contributed by atoms with Crippen molar-refractivity contribution in [2.75, 3.05) is 31.2 Å². The minimum atomic E-state index is -0.386. The Morgan fingerprint density at radius 2 is 1.85 bits per heavy atom. The molecule has 2 saturated heterocycles. The molecule has 1 amide bonds. The number of aromatic nitrogens is 2. The zero-order valence-corrected chi connectivity index (χ0v) is 14.6. The molecule has 4 rings (SSSR count). The highest BCUT2D eigenvalue weighted by Gasteiger charge is 2.39. The predicted molar refractivity (Wildman–Crippen MR) is 95.7 cm³/mol. The number of nitrogens with zero attached hydrogens (tertiary/aromatic N) is 3. The Hall–Kier alpha value is -2.51. The second-order valence-electron chi connectivity index (χ2n) is 6.54. The normalized spacial score (nSPS) is 18.8. The van der Waals surface area contributed by atoms with Crippen LogP contribution in [0.15, 0.2) is 42.9 Å². The zero-order valence-electron chi connectivity index (χ0n) is 14.6. The predicted octanol–water partition coefficient (Wildman–Crippen LogP) is 1.75. The summed E-state index contributed by atoms with van der Waals surface area (Å²) in [5, 5.41) is 2.89. The fourth-order valence-electron chi connectivity index (χ4n) is 3.35. The Labute approximate surface area is 152 Å². The lowest BCUT2D eigenvalue weighted by atomic mass is 10.0. The van der Waals surface area contributed by atoms with Gasteiger partial charge in [-0.1, -0.05) is 0 Å². The van der Waals surface area contributed by atoms with E-state index in [2.05, 4.69) is 20.2 Å². The summed E-state index contributed by atoms with van der Waals surface area (Å²) >= 11 is 0. The van der Waals surface area contributed by atoms with E-state index in [1.54, 1.807) is 18.6 Å². The maximum atomic E-state index is 12.3. The van der Waals surface area contributed by atoms with Crippen LogP contribution in [0.1, 0.15) is 28.8 Å². The summed E-state index contributed by atoms with van der Waals surface area (Å²) in [6, 6.07) is 7.47. The van der Waals surface area contributed by atoms with Crippen LogP contribution >= 0.6 is 0 Å². The van der Waals surface area contributed by atoms with Gasteiger partial charge in [0.1, 0.15) is 5.82 Å². The first-order valence-electron chi connectivity index (χ1n) is 8.90. The van der Waals surface area contributed by atoms with Gasteiger partial charge in [-0.05, 0) is 29.8 Å². The number of hydrogen-bond donors (Lipinski definition) is 1. The molecule has 0 aliphatic carbocycles. The third-order valence-electron chi connectivity index (χ3n) is 4.88. The van der Waals surface area contributed by atoms with Crippen LogP contribution in [0.25, 0.3) is 0 Å². The molecule has 0 unspecified atom stereocenters. The quantitative estimate of drug-likeness (QED) is 0.901. The molecule has 1 N–H and O–H groups in total. The van der Waals surface area contributed by atoms with Crippen molar-refractivity contribution in [3.63, 3.8) is 0 Å². The molecule has 1 spiro atoms. The smallest absolute Gasteiger partial charge is 0.253 e. The number of nitrogens with one attached hydrogen (secondary N) is 1. The van der Waals surface area contributed by atoms with Crippen LogP contribution in [0.5, 0.6) is 0 Å². The second kappa shape index (κ2) is 7.39. The van der Waals surface area contributed by atoms with Gasteiger partial charge in [0.15, 0.2) is 5.79 Å². The Morgan fingerprint density at radius 1 is 1.12 bits per heavy atom. The van der Waals surface area contributed by atoms with Gasteiger partial charge in [-0.2, -0.15) is 0 Å². The molecule has 26 heavy (non-hydrogen) atoms. The van der Waals surface area contributed by atoms with E-state index in [1.807, 2.05) is 24.3 Å². The Morgan fingerprint density at radius 3 is 2.50 bits per heavy atom. The number of pyridine rings is 2. The van der Waals surface area contributed by atoms with E-state index in [-0.39, 0.29) is 11.7 Å². The second-order valence-corrected chi connectivity index (χ2v) is 6.54. The van der Waals surface area contributed by atoms with Gasteiger partial charge in [-0.25, -0.2) is 4.98 Å². The van der Waals surface area contributed by atoms with Crippen molar-refractivity contribution in [3.05, 3.63) is 54.0 Å². The summed E-state index contributed by atoms with van der Waals surface area (Å²) in [6.07, 6.45) is 6.72. The molecule has 0 saturated carbocycles. The number of carbonyl (C=O) groups excluding carboxylic acids is 1. The molecule has 4 heterocycles. The largest absolute Gasteiger partial charge is 0.356 e. The van der Waals surface area contributed by atoms with E-state index in [4.69, 9.17) is 9.47 Å². The first kappa shape index (κ1) is 16.9. The van der Waals surface area contributed by atoms with Gasteiger partial charge >= 0.3 is 0 Å². The van der Waals surface area contributed by atoms with E-state index >= 15 is 0 Å². The summed E-state index contributed by atoms with van der Waals surface area (Å²) < 4.78 is 11.5. The molecule has 2 aliphatic rings. The number of carbonyl (C=O) groups is 1. The highest BCUT2D eigenvalue weighted by atomic mass is 16.7. The lowest BCUT2D eigenvalue weighted by molar-refractivity contribution is -0.169. The Bertz CT molecular complexity index is 735. The number of piperidine rings is 1. The summed E-state index contributed by atoms with van der Waals surface area (Å²) in [5.74, 6) is 0.360. The van der Waals surface area contributed by atoms with Crippen molar-refractivity contribution in [2.45, 2.75) is 25.2 Å². The standard InChI is InChI=1S/C19H22N4O3/c24-18(22-13-15-3-7-20-8-4-15)16-1-2-17(21-14-16)23-9-5-19(6-10-23)25-11-12-26-19/h1-4,7-8,14H,5-6,9-13H2,(H,22,24). The molecular weight excluding hydrogens is 332 g/mol. The van der Waals surface area contributed by atoms with E-state index in [9.17, 15) is 4.79 Å². The summed E-state index contributed by atoms with van der Waals surface area (Å²) in [6.45, 7) is 3.50. The van der Waals surface area contributed by atoms with Crippen LogP contribution in [0.3, 0.4) is 0 Å². The molecule has 7 nitrogen and oxygen atoms in total. The summed E-state index contributed by atoms with van der Waals surface area (Å²) in [5.41, 5.74) is 1.57. The Kier molecular flexibility index (Phi) is 4.81. The molecular formula is C19H22N4O3. The molecule has 2 aliphatic heterocycles. The van der Waals surface area contributed by atoms with Crippen molar-refractivity contribution in [1.29, 1.82) is 0 Å². The average Bonchev–Trinajstić information content (AvgIpc) is 3.16. The number of amides is 1. The van der Waals surface area contributed by atoms with Crippen LogP contribution in [-0.2, 0) is 16.0 Å². The lowest BCUT2D eigenvalue weighted by Crippen LogP contribution is -2.45. The zero-order chi connectivity index (χ0) is 17.8. The number of anilines is 1. The van der Waals surface area contributed by atoms with Crippen molar-refractivity contribution < 1.29 is 14.3 Å². The average molecular weight is 354 g/mol. The minimum Gasteiger partial charge on any atom is -0.356 e. The van der Waals surface area contributed by atoms with Gasteiger partial charge < -0.3 is 19.7 Å². The Balaban J connectivity index is 1.32. The van der Waals surface area contributed by atoms with Crippen LogP contribution in [0.2, 0.25) is 0 Å². The van der Waals surface area contributed by atoms with Crippen LogP contribution in [0, 0.1) is 0 Å². The third-order valence-corrected chi connectivity index (χ3v) is 4.88. The summed E-state index contributed by atoms with van der Waals surface area (Å²) in [4.78, 5) is 22.9. The first-order valence-corrected chi connectivity index (χ1v) is 8.90. The maximum absolute atomic E-state index is 12.3. The molecule has 2 fully saturated rings. The van der Waals surface area contributed by atoms with E-state index < -0.39 is 0 Å². The van der Waals surface area contributed by atoms with Crippen LogP contribution in [-0.4, -0.2) is 48.0 Å². The molecule has 0 radical (unpaired) electrons. The molecule has 2 aromatic heterocycles. The van der Waals surface area contributed by atoms with Crippen molar-refractivity contribution >= 4 is 11.7 Å². The lowest BCUT2D eigenvalue weighted by Gasteiger charge is -2.38. The van der Waals surface area contributed by atoms with Crippen LogP contribution in [0.4, 0.5) is 5.82 Å². The topological polar surface area (TPSA) is 76.6 Å². The number of hydrogen-bond acceptors (Lipinski definition) is 6.